The molecule has 0 spiro atoms. The molecular formula is C9H13N3O. The maximum Gasteiger partial charge on any atom is 0.254 e. The second-order valence-electron chi connectivity index (χ2n) is 2.77. The third-order valence-electron chi connectivity index (χ3n) is 1.58. The van der Waals surface area contributed by atoms with E-state index in [4.69, 9.17) is 0 Å². The zero-order valence-corrected chi connectivity index (χ0v) is 7.87. The van der Waals surface area contributed by atoms with Gasteiger partial charge >= 0.3 is 0 Å². The van der Waals surface area contributed by atoms with Crippen LogP contribution in [0.2, 0.25) is 0 Å². The minimum absolute atomic E-state index is 0.109. The Labute approximate surface area is 77.4 Å². The second kappa shape index (κ2) is 4.54. The van der Waals surface area contributed by atoms with Gasteiger partial charge in [-0.05, 0) is 13.3 Å². The van der Waals surface area contributed by atoms with Crippen molar-refractivity contribution in [1.82, 2.24) is 15.3 Å². The monoisotopic (exact) mass is 179 g/mol. The molecule has 0 unspecified atom stereocenters. The van der Waals surface area contributed by atoms with Gasteiger partial charge in [0.25, 0.3) is 5.91 Å². The van der Waals surface area contributed by atoms with Crippen molar-refractivity contribution in [1.29, 1.82) is 0 Å². The fourth-order valence-corrected chi connectivity index (χ4v) is 0.850. The predicted octanol–water partition coefficient (Wildman–Crippen LogP) is 0.925. The van der Waals surface area contributed by atoms with Gasteiger partial charge in [-0.2, -0.15) is 0 Å². The summed E-state index contributed by atoms with van der Waals surface area (Å²) in [5, 5.41) is 2.75. The minimum Gasteiger partial charge on any atom is -0.352 e. The Morgan fingerprint density at radius 1 is 1.46 bits per heavy atom. The molecule has 0 fully saturated rings. The van der Waals surface area contributed by atoms with Gasteiger partial charge in [0.1, 0.15) is 5.82 Å². The van der Waals surface area contributed by atoms with E-state index in [0.29, 0.717) is 17.9 Å². The molecular weight excluding hydrogens is 166 g/mol. The molecule has 0 aliphatic rings. The number of hydrogen-bond acceptors (Lipinski definition) is 3. The number of amides is 1. The van der Waals surface area contributed by atoms with Crippen LogP contribution >= 0.6 is 0 Å². The van der Waals surface area contributed by atoms with E-state index < -0.39 is 0 Å². The molecule has 13 heavy (non-hydrogen) atoms. The van der Waals surface area contributed by atoms with Crippen LogP contribution < -0.4 is 5.32 Å². The lowest BCUT2D eigenvalue weighted by Gasteiger charge is -2.01. The lowest BCUT2D eigenvalue weighted by atomic mass is 10.3. The summed E-state index contributed by atoms with van der Waals surface area (Å²) in [5.41, 5.74) is 0.513. The Morgan fingerprint density at radius 3 is 2.62 bits per heavy atom. The average molecular weight is 179 g/mol. The van der Waals surface area contributed by atoms with Gasteiger partial charge < -0.3 is 5.32 Å². The number of nitrogens with zero attached hydrogens (tertiary/aromatic N) is 2. The Hall–Kier alpha value is -1.45. The van der Waals surface area contributed by atoms with Crippen molar-refractivity contribution in [3.63, 3.8) is 0 Å². The van der Waals surface area contributed by atoms with E-state index in [9.17, 15) is 4.79 Å². The molecule has 1 amide bonds. The van der Waals surface area contributed by atoms with Crippen molar-refractivity contribution in [2.45, 2.75) is 20.3 Å². The van der Waals surface area contributed by atoms with Gasteiger partial charge in [-0.25, -0.2) is 9.97 Å². The van der Waals surface area contributed by atoms with Crippen LogP contribution in [-0.4, -0.2) is 22.4 Å². The fraction of sp³-hybridized carbons (Fsp3) is 0.444. The largest absolute Gasteiger partial charge is 0.352 e. The van der Waals surface area contributed by atoms with E-state index in [2.05, 4.69) is 15.3 Å². The summed E-state index contributed by atoms with van der Waals surface area (Å²) in [4.78, 5) is 19.2. The highest BCUT2D eigenvalue weighted by molar-refractivity contribution is 5.93. The minimum atomic E-state index is -0.109. The van der Waals surface area contributed by atoms with Crippen LogP contribution in [0.3, 0.4) is 0 Å². The van der Waals surface area contributed by atoms with Gasteiger partial charge in [0.05, 0.1) is 5.56 Å². The lowest BCUT2D eigenvalue weighted by Crippen LogP contribution is -2.24. The first kappa shape index (κ1) is 9.64. The van der Waals surface area contributed by atoms with Gasteiger partial charge in [-0.3, -0.25) is 4.79 Å². The number of carbonyl (C=O) groups excluding carboxylic acids is 1. The Bertz CT molecular complexity index is 281. The summed E-state index contributed by atoms with van der Waals surface area (Å²) in [6, 6.07) is 0. The second-order valence-corrected chi connectivity index (χ2v) is 2.77. The molecule has 1 N–H and O–H groups in total. The lowest BCUT2D eigenvalue weighted by molar-refractivity contribution is 0.0953. The zero-order valence-electron chi connectivity index (χ0n) is 7.87. The third-order valence-corrected chi connectivity index (χ3v) is 1.58. The topological polar surface area (TPSA) is 54.9 Å². The highest BCUT2D eigenvalue weighted by Crippen LogP contribution is 1.94. The molecule has 0 aromatic carbocycles. The summed E-state index contributed by atoms with van der Waals surface area (Å²) in [7, 11) is 0. The normalized spacial score (nSPS) is 9.69. The van der Waals surface area contributed by atoms with Gasteiger partial charge in [0, 0.05) is 18.9 Å². The van der Waals surface area contributed by atoms with E-state index in [-0.39, 0.29) is 5.91 Å². The SMILES string of the molecule is CCCNC(=O)c1cnc(C)nc1. The molecule has 4 nitrogen and oxygen atoms in total. The van der Waals surface area contributed by atoms with Gasteiger partial charge in [0.2, 0.25) is 0 Å². The molecule has 1 rings (SSSR count). The van der Waals surface area contributed by atoms with E-state index in [1.807, 2.05) is 6.92 Å². The van der Waals surface area contributed by atoms with Crippen molar-refractivity contribution < 1.29 is 4.79 Å². The summed E-state index contributed by atoms with van der Waals surface area (Å²) in [6.45, 7) is 4.48. The van der Waals surface area contributed by atoms with Crippen molar-refractivity contribution in [2.75, 3.05) is 6.54 Å². The van der Waals surface area contributed by atoms with Crippen LogP contribution in [0, 0.1) is 6.92 Å². The number of hydrogen-bond donors (Lipinski definition) is 1. The molecule has 4 heteroatoms. The van der Waals surface area contributed by atoms with Crippen molar-refractivity contribution in [3.05, 3.63) is 23.8 Å². The molecule has 1 aromatic heterocycles. The van der Waals surface area contributed by atoms with Crippen molar-refractivity contribution in [2.24, 2.45) is 0 Å². The standard InChI is InChI=1S/C9H13N3O/c1-3-4-10-9(13)8-5-11-7(2)12-6-8/h5-6H,3-4H2,1-2H3,(H,10,13). The van der Waals surface area contributed by atoms with E-state index >= 15 is 0 Å². The first-order valence-electron chi connectivity index (χ1n) is 4.31. The predicted molar refractivity (Wildman–Crippen MR) is 49.4 cm³/mol. The zero-order chi connectivity index (χ0) is 9.68. The molecule has 0 aliphatic heterocycles. The van der Waals surface area contributed by atoms with Gasteiger partial charge in [-0.1, -0.05) is 6.92 Å². The number of aromatic nitrogens is 2. The highest BCUT2D eigenvalue weighted by atomic mass is 16.1. The number of aryl methyl sites for hydroxylation is 1. The Morgan fingerprint density at radius 2 is 2.08 bits per heavy atom. The third kappa shape index (κ3) is 2.82. The summed E-state index contributed by atoms with van der Waals surface area (Å²) < 4.78 is 0. The summed E-state index contributed by atoms with van der Waals surface area (Å²) >= 11 is 0. The smallest absolute Gasteiger partial charge is 0.254 e. The quantitative estimate of drug-likeness (QED) is 0.750. The van der Waals surface area contributed by atoms with E-state index in [0.717, 1.165) is 6.42 Å². The molecule has 1 heterocycles. The van der Waals surface area contributed by atoms with Gasteiger partial charge in [0.15, 0.2) is 0 Å². The van der Waals surface area contributed by atoms with Crippen molar-refractivity contribution in [3.8, 4) is 0 Å². The molecule has 0 atom stereocenters. The average Bonchev–Trinajstić information content (AvgIpc) is 2.15. The fourth-order valence-electron chi connectivity index (χ4n) is 0.850. The molecule has 0 bridgehead atoms. The first-order chi connectivity index (χ1) is 6.24. The number of carbonyl (C=O) groups is 1. The van der Waals surface area contributed by atoms with Gasteiger partial charge in [-0.15, -0.1) is 0 Å². The first-order valence-corrected chi connectivity index (χ1v) is 4.31. The van der Waals surface area contributed by atoms with Crippen LogP contribution in [0.4, 0.5) is 0 Å². The van der Waals surface area contributed by atoms with E-state index in [1.54, 1.807) is 6.92 Å². The number of nitrogens with one attached hydrogen (secondary N) is 1. The molecule has 0 saturated carbocycles. The van der Waals surface area contributed by atoms with Crippen LogP contribution in [0.1, 0.15) is 29.5 Å². The maximum absolute atomic E-state index is 11.3. The van der Waals surface area contributed by atoms with Crippen molar-refractivity contribution >= 4 is 5.91 Å². The van der Waals surface area contributed by atoms with E-state index in [1.165, 1.54) is 12.4 Å². The molecule has 70 valence electrons. The maximum atomic E-state index is 11.3. The highest BCUT2D eigenvalue weighted by Gasteiger charge is 2.03. The van der Waals surface area contributed by atoms with Crippen LogP contribution in [0.5, 0.6) is 0 Å². The Balaban J connectivity index is 2.61. The van der Waals surface area contributed by atoms with Crippen LogP contribution in [0.25, 0.3) is 0 Å². The molecule has 0 aliphatic carbocycles. The molecule has 0 radical (unpaired) electrons. The molecule has 0 saturated heterocycles. The Kier molecular flexibility index (Phi) is 3.37. The van der Waals surface area contributed by atoms with Crippen LogP contribution in [-0.2, 0) is 0 Å². The summed E-state index contributed by atoms with van der Waals surface area (Å²) in [5.74, 6) is 0.564. The molecule has 1 aromatic rings. The summed E-state index contributed by atoms with van der Waals surface area (Å²) in [6.07, 6.45) is 4.00. The number of rotatable bonds is 3. The van der Waals surface area contributed by atoms with Crippen LogP contribution in [0.15, 0.2) is 12.4 Å².